The number of rotatable bonds is 4. The molecule has 3 aromatic rings. The van der Waals surface area contributed by atoms with E-state index in [2.05, 4.69) is 42.5 Å². The van der Waals surface area contributed by atoms with E-state index in [1.165, 1.54) is 0 Å². The van der Waals surface area contributed by atoms with Crippen LogP contribution in [-0.4, -0.2) is 46.3 Å². The average Bonchev–Trinajstić information content (AvgIpc) is 3.19. The second-order valence-electron chi connectivity index (χ2n) is 6.09. The zero-order valence-electron chi connectivity index (χ0n) is 14.1. The first-order valence-corrected chi connectivity index (χ1v) is 8.48. The van der Waals surface area contributed by atoms with Crippen LogP contribution in [0.4, 0.5) is 5.82 Å². The summed E-state index contributed by atoms with van der Waals surface area (Å²) in [4.78, 5) is 15.7. The van der Waals surface area contributed by atoms with E-state index < -0.39 is 0 Å². The molecule has 1 aliphatic rings. The molecule has 0 bridgehead atoms. The van der Waals surface area contributed by atoms with Crippen LogP contribution in [-0.2, 0) is 0 Å². The number of piperazine rings is 1. The Morgan fingerprint density at radius 3 is 2.60 bits per heavy atom. The van der Waals surface area contributed by atoms with Crippen LogP contribution in [0.25, 0.3) is 11.5 Å². The average molecular weight is 336 g/mol. The second-order valence-corrected chi connectivity index (χ2v) is 6.09. The van der Waals surface area contributed by atoms with Gasteiger partial charge < -0.3 is 14.7 Å². The van der Waals surface area contributed by atoms with Crippen LogP contribution in [0.2, 0.25) is 0 Å². The molecular formula is C18H20N6O. The van der Waals surface area contributed by atoms with Crippen LogP contribution in [0.1, 0.15) is 24.3 Å². The molecule has 0 radical (unpaired) electrons. The lowest BCUT2D eigenvalue weighted by Gasteiger charge is -2.27. The highest BCUT2D eigenvalue weighted by Gasteiger charge is 2.18. The molecule has 0 amide bonds. The van der Waals surface area contributed by atoms with Gasteiger partial charge in [-0.3, -0.25) is 0 Å². The van der Waals surface area contributed by atoms with Gasteiger partial charge in [0.2, 0.25) is 11.7 Å². The number of hydrogen-bond acceptors (Lipinski definition) is 7. The predicted octanol–water partition coefficient (Wildman–Crippen LogP) is 2.09. The van der Waals surface area contributed by atoms with E-state index >= 15 is 0 Å². The summed E-state index contributed by atoms with van der Waals surface area (Å²) in [7, 11) is 0. The fraction of sp³-hybridized carbons (Fsp3) is 0.333. The first-order valence-electron chi connectivity index (χ1n) is 8.48. The Labute approximate surface area is 146 Å². The highest BCUT2D eigenvalue weighted by Crippen LogP contribution is 2.24. The Morgan fingerprint density at radius 1 is 1.08 bits per heavy atom. The maximum Gasteiger partial charge on any atom is 0.234 e. The highest BCUT2D eigenvalue weighted by molar-refractivity contribution is 5.49. The van der Waals surface area contributed by atoms with E-state index in [9.17, 15) is 0 Å². The zero-order valence-corrected chi connectivity index (χ0v) is 14.1. The number of aromatic nitrogens is 4. The van der Waals surface area contributed by atoms with E-state index in [0.29, 0.717) is 17.4 Å². The maximum atomic E-state index is 5.43. The minimum absolute atomic E-state index is 0.0375. The van der Waals surface area contributed by atoms with Gasteiger partial charge in [-0.25, -0.2) is 9.97 Å². The standard InChI is InChI=1S/C18H20N6O/c1-13(14-5-3-2-4-6-14)18-22-17(23-25-18)15-11-21-16(12-20-15)24-9-7-19-8-10-24/h2-6,11-13,19H,7-10H2,1H3/t13-/m1/s1. The van der Waals surface area contributed by atoms with Gasteiger partial charge in [-0.15, -0.1) is 0 Å². The molecule has 3 heterocycles. The molecule has 128 valence electrons. The summed E-state index contributed by atoms with van der Waals surface area (Å²) in [6.45, 7) is 5.86. The van der Waals surface area contributed by atoms with Crippen molar-refractivity contribution in [2.24, 2.45) is 0 Å². The fourth-order valence-corrected chi connectivity index (χ4v) is 2.89. The van der Waals surface area contributed by atoms with E-state index in [1.807, 2.05) is 25.1 Å². The van der Waals surface area contributed by atoms with Crippen molar-refractivity contribution in [3.63, 3.8) is 0 Å². The van der Waals surface area contributed by atoms with Gasteiger partial charge >= 0.3 is 0 Å². The van der Waals surface area contributed by atoms with Crippen molar-refractivity contribution >= 4 is 5.82 Å². The van der Waals surface area contributed by atoms with Crippen molar-refractivity contribution in [1.29, 1.82) is 0 Å². The molecule has 0 saturated carbocycles. The lowest BCUT2D eigenvalue weighted by atomic mass is 10.0. The summed E-state index contributed by atoms with van der Waals surface area (Å²) in [5.74, 6) is 1.97. The molecule has 25 heavy (non-hydrogen) atoms. The molecule has 4 rings (SSSR count). The third kappa shape index (κ3) is 3.36. The topological polar surface area (TPSA) is 80.0 Å². The first-order chi connectivity index (χ1) is 12.3. The van der Waals surface area contributed by atoms with Crippen molar-refractivity contribution in [3.8, 4) is 11.5 Å². The van der Waals surface area contributed by atoms with Gasteiger partial charge in [0.15, 0.2) is 0 Å². The summed E-state index contributed by atoms with van der Waals surface area (Å²) >= 11 is 0. The van der Waals surface area contributed by atoms with Gasteiger partial charge in [0.25, 0.3) is 0 Å². The van der Waals surface area contributed by atoms with Crippen LogP contribution in [0, 0.1) is 0 Å². The quantitative estimate of drug-likeness (QED) is 0.781. The van der Waals surface area contributed by atoms with Gasteiger partial charge in [0.1, 0.15) is 11.5 Å². The molecule has 1 saturated heterocycles. The Bertz CT molecular complexity index is 811. The molecule has 0 spiro atoms. The number of anilines is 1. The molecule has 0 aliphatic carbocycles. The molecule has 7 heteroatoms. The summed E-state index contributed by atoms with van der Waals surface area (Å²) in [5, 5.41) is 7.39. The molecular weight excluding hydrogens is 316 g/mol. The molecule has 1 N–H and O–H groups in total. The first kappa shape index (κ1) is 15.7. The molecule has 7 nitrogen and oxygen atoms in total. The highest BCUT2D eigenvalue weighted by atomic mass is 16.5. The lowest BCUT2D eigenvalue weighted by molar-refractivity contribution is 0.370. The minimum Gasteiger partial charge on any atom is -0.353 e. The SMILES string of the molecule is C[C@H](c1ccccc1)c1nc(-c2cnc(N3CCNCC3)cn2)no1. The number of hydrogen-bond donors (Lipinski definition) is 1. The summed E-state index contributed by atoms with van der Waals surface area (Å²) in [6, 6.07) is 10.1. The maximum absolute atomic E-state index is 5.43. The van der Waals surface area contributed by atoms with Gasteiger partial charge in [-0.05, 0) is 12.5 Å². The second kappa shape index (κ2) is 6.98. The molecule has 1 aromatic carbocycles. The molecule has 0 unspecified atom stereocenters. The number of nitrogens with one attached hydrogen (secondary N) is 1. The molecule has 1 atom stereocenters. The number of nitrogens with zero attached hydrogens (tertiary/aromatic N) is 5. The van der Waals surface area contributed by atoms with Crippen LogP contribution < -0.4 is 10.2 Å². The Hall–Kier alpha value is -2.80. The Kier molecular flexibility index (Phi) is 4.39. The van der Waals surface area contributed by atoms with Crippen LogP contribution in [0.3, 0.4) is 0 Å². The van der Waals surface area contributed by atoms with Crippen LogP contribution >= 0.6 is 0 Å². The van der Waals surface area contributed by atoms with E-state index in [1.54, 1.807) is 12.4 Å². The van der Waals surface area contributed by atoms with Gasteiger partial charge in [-0.1, -0.05) is 35.5 Å². The third-order valence-corrected chi connectivity index (χ3v) is 4.42. The molecule has 2 aromatic heterocycles. The minimum atomic E-state index is 0.0375. The fourth-order valence-electron chi connectivity index (χ4n) is 2.89. The predicted molar refractivity (Wildman–Crippen MR) is 94.4 cm³/mol. The Morgan fingerprint density at radius 2 is 1.88 bits per heavy atom. The summed E-state index contributed by atoms with van der Waals surface area (Å²) in [5.41, 5.74) is 1.76. The van der Waals surface area contributed by atoms with Gasteiger partial charge in [-0.2, -0.15) is 4.98 Å². The van der Waals surface area contributed by atoms with E-state index in [-0.39, 0.29) is 5.92 Å². The lowest BCUT2D eigenvalue weighted by Crippen LogP contribution is -2.43. The van der Waals surface area contributed by atoms with Crippen molar-refractivity contribution in [2.45, 2.75) is 12.8 Å². The van der Waals surface area contributed by atoms with Crippen molar-refractivity contribution in [2.75, 3.05) is 31.1 Å². The van der Waals surface area contributed by atoms with Crippen molar-refractivity contribution in [3.05, 3.63) is 54.2 Å². The normalized spacial score (nSPS) is 16.0. The largest absolute Gasteiger partial charge is 0.353 e. The van der Waals surface area contributed by atoms with E-state index in [4.69, 9.17) is 4.52 Å². The van der Waals surface area contributed by atoms with Crippen molar-refractivity contribution < 1.29 is 4.52 Å². The third-order valence-electron chi connectivity index (χ3n) is 4.42. The summed E-state index contributed by atoms with van der Waals surface area (Å²) in [6.07, 6.45) is 3.48. The number of benzene rings is 1. The molecule has 1 fully saturated rings. The molecule has 1 aliphatic heterocycles. The Balaban J connectivity index is 1.52. The summed E-state index contributed by atoms with van der Waals surface area (Å²) < 4.78 is 5.43. The monoisotopic (exact) mass is 336 g/mol. The van der Waals surface area contributed by atoms with Gasteiger partial charge in [0.05, 0.1) is 18.3 Å². The smallest absolute Gasteiger partial charge is 0.234 e. The van der Waals surface area contributed by atoms with Crippen LogP contribution in [0.5, 0.6) is 0 Å². The van der Waals surface area contributed by atoms with Crippen molar-refractivity contribution in [1.82, 2.24) is 25.4 Å². The zero-order chi connectivity index (χ0) is 17.1. The van der Waals surface area contributed by atoms with Crippen LogP contribution in [0.15, 0.2) is 47.2 Å². The van der Waals surface area contributed by atoms with Gasteiger partial charge in [0, 0.05) is 26.2 Å². The van der Waals surface area contributed by atoms with E-state index in [0.717, 1.165) is 37.6 Å².